The van der Waals surface area contributed by atoms with Gasteiger partial charge in [0, 0.05) is 12.1 Å². The van der Waals surface area contributed by atoms with Gasteiger partial charge < -0.3 is 10.1 Å². The van der Waals surface area contributed by atoms with Crippen molar-refractivity contribution >= 4 is 39.1 Å². The van der Waals surface area contributed by atoms with Crippen LogP contribution in [-0.4, -0.2) is 24.0 Å². The van der Waals surface area contributed by atoms with Crippen LogP contribution in [0, 0.1) is 6.92 Å². The minimum atomic E-state index is -0.420. The predicted molar refractivity (Wildman–Crippen MR) is 104 cm³/mol. The molecule has 0 aliphatic rings. The number of carbonyl (C=O) groups is 2. The van der Waals surface area contributed by atoms with Gasteiger partial charge in [0.05, 0.1) is 27.9 Å². The molecule has 1 aromatic heterocycles. The highest BCUT2D eigenvalue weighted by Gasteiger charge is 2.11. The van der Waals surface area contributed by atoms with Crippen molar-refractivity contribution in [2.75, 3.05) is 12.4 Å². The molecule has 0 aliphatic carbocycles. The van der Waals surface area contributed by atoms with Crippen molar-refractivity contribution in [3.63, 3.8) is 0 Å². The van der Waals surface area contributed by atoms with E-state index in [1.54, 1.807) is 29.5 Å². The summed E-state index contributed by atoms with van der Waals surface area (Å²) in [5.74, 6) is -0.493. The number of amides is 1. The van der Waals surface area contributed by atoms with Crippen LogP contribution in [-0.2, 0) is 16.0 Å². The Morgan fingerprint density at radius 2 is 2.00 bits per heavy atom. The number of hydrogen-bond donors (Lipinski definition) is 1. The van der Waals surface area contributed by atoms with E-state index in [4.69, 9.17) is 4.74 Å². The zero-order valence-corrected chi connectivity index (χ0v) is 15.6. The highest BCUT2D eigenvalue weighted by molar-refractivity contribution is 7.18. The molecule has 1 amide bonds. The quantitative estimate of drug-likeness (QED) is 0.657. The van der Waals surface area contributed by atoms with Gasteiger partial charge in [0.2, 0.25) is 5.91 Å². The maximum absolute atomic E-state index is 12.2. The number of carbonyl (C=O) groups excluding carboxylic acids is 2. The second kappa shape index (κ2) is 8.10. The number of methoxy groups -OCH3 is 1. The van der Waals surface area contributed by atoms with Crippen LogP contribution in [0.1, 0.15) is 33.8 Å². The Balaban J connectivity index is 1.56. The van der Waals surface area contributed by atoms with E-state index in [0.29, 0.717) is 17.7 Å². The molecule has 3 aromatic rings. The third-order valence-corrected chi connectivity index (χ3v) is 5.16. The molecular weight excluding hydrogens is 348 g/mol. The standard InChI is InChI=1S/C20H20N2O3S/c1-13-10-11-14(20(24)25-2)12-16(13)21-18(23)8-5-9-19-22-15-6-3-4-7-17(15)26-19/h3-4,6-7,10-12H,5,8-9H2,1-2H3,(H,21,23). The molecule has 1 N–H and O–H groups in total. The lowest BCUT2D eigenvalue weighted by Crippen LogP contribution is -2.13. The first kappa shape index (κ1) is 18.1. The van der Waals surface area contributed by atoms with E-state index in [2.05, 4.69) is 16.4 Å². The van der Waals surface area contributed by atoms with Gasteiger partial charge >= 0.3 is 5.97 Å². The molecule has 0 aliphatic heterocycles. The van der Waals surface area contributed by atoms with Crippen LogP contribution in [0.25, 0.3) is 10.2 Å². The van der Waals surface area contributed by atoms with Gasteiger partial charge in [0.1, 0.15) is 0 Å². The van der Waals surface area contributed by atoms with Crippen LogP contribution in [0.3, 0.4) is 0 Å². The number of para-hydroxylation sites is 1. The number of nitrogens with zero attached hydrogens (tertiary/aromatic N) is 1. The van der Waals surface area contributed by atoms with Gasteiger partial charge in [0.15, 0.2) is 0 Å². The van der Waals surface area contributed by atoms with Crippen LogP contribution < -0.4 is 5.32 Å². The average Bonchev–Trinajstić information content (AvgIpc) is 3.05. The number of rotatable bonds is 6. The molecule has 0 saturated carbocycles. The zero-order chi connectivity index (χ0) is 18.5. The summed E-state index contributed by atoms with van der Waals surface area (Å²) in [6.45, 7) is 1.89. The van der Waals surface area contributed by atoms with Gasteiger partial charge in [-0.2, -0.15) is 0 Å². The van der Waals surface area contributed by atoms with E-state index in [-0.39, 0.29) is 5.91 Å². The van der Waals surface area contributed by atoms with E-state index < -0.39 is 5.97 Å². The Morgan fingerprint density at radius 3 is 2.77 bits per heavy atom. The Bertz CT molecular complexity index is 916. The molecule has 2 aromatic carbocycles. The number of aryl methyl sites for hydroxylation is 2. The van der Waals surface area contributed by atoms with Crippen LogP contribution in [0.2, 0.25) is 0 Å². The first-order chi connectivity index (χ1) is 12.6. The summed E-state index contributed by atoms with van der Waals surface area (Å²) in [5.41, 5.74) is 2.96. The van der Waals surface area contributed by atoms with Gasteiger partial charge in [-0.05, 0) is 49.6 Å². The van der Waals surface area contributed by atoms with E-state index in [0.717, 1.165) is 28.9 Å². The minimum Gasteiger partial charge on any atom is -0.465 e. The lowest BCUT2D eigenvalue weighted by atomic mass is 10.1. The molecule has 26 heavy (non-hydrogen) atoms. The lowest BCUT2D eigenvalue weighted by molar-refractivity contribution is -0.116. The Hall–Kier alpha value is -2.73. The molecule has 0 saturated heterocycles. The molecule has 134 valence electrons. The van der Waals surface area contributed by atoms with Crippen molar-refractivity contribution < 1.29 is 14.3 Å². The van der Waals surface area contributed by atoms with Crippen molar-refractivity contribution in [3.05, 3.63) is 58.6 Å². The van der Waals surface area contributed by atoms with Crippen LogP contribution in [0.4, 0.5) is 5.69 Å². The molecule has 1 heterocycles. The fraction of sp³-hybridized carbons (Fsp3) is 0.250. The highest BCUT2D eigenvalue weighted by atomic mass is 32.1. The van der Waals surface area contributed by atoms with Gasteiger partial charge in [-0.1, -0.05) is 18.2 Å². The largest absolute Gasteiger partial charge is 0.465 e. The Labute approximate surface area is 156 Å². The van der Waals surface area contributed by atoms with Crippen LogP contribution >= 0.6 is 11.3 Å². The van der Waals surface area contributed by atoms with Gasteiger partial charge in [-0.3, -0.25) is 4.79 Å². The SMILES string of the molecule is COC(=O)c1ccc(C)c(NC(=O)CCCc2nc3ccccc3s2)c1. The van der Waals surface area contributed by atoms with Crippen molar-refractivity contribution in [2.45, 2.75) is 26.2 Å². The number of ether oxygens (including phenoxy) is 1. The fourth-order valence-electron chi connectivity index (χ4n) is 2.64. The average molecular weight is 368 g/mol. The summed E-state index contributed by atoms with van der Waals surface area (Å²) in [7, 11) is 1.34. The molecule has 0 fully saturated rings. The molecule has 0 atom stereocenters. The number of fused-ring (bicyclic) bond motifs is 1. The topological polar surface area (TPSA) is 68.3 Å². The zero-order valence-electron chi connectivity index (χ0n) is 14.7. The van der Waals surface area contributed by atoms with Gasteiger partial charge in [0.25, 0.3) is 0 Å². The first-order valence-electron chi connectivity index (χ1n) is 8.40. The van der Waals surface area contributed by atoms with Crippen molar-refractivity contribution in [1.82, 2.24) is 4.98 Å². The second-order valence-corrected chi connectivity index (χ2v) is 7.11. The molecule has 0 unspecified atom stereocenters. The number of aromatic nitrogens is 1. The minimum absolute atomic E-state index is 0.0729. The molecular formula is C20H20N2O3S. The van der Waals surface area contributed by atoms with E-state index in [9.17, 15) is 9.59 Å². The third kappa shape index (κ3) is 4.26. The fourth-order valence-corrected chi connectivity index (χ4v) is 3.65. The number of hydrogen-bond acceptors (Lipinski definition) is 5. The summed E-state index contributed by atoms with van der Waals surface area (Å²) >= 11 is 1.67. The number of benzene rings is 2. The van der Waals surface area contributed by atoms with E-state index in [1.807, 2.05) is 25.1 Å². The van der Waals surface area contributed by atoms with E-state index >= 15 is 0 Å². The molecule has 5 nitrogen and oxygen atoms in total. The Morgan fingerprint density at radius 1 is 1.19 bits per heavy atom. The monoisotopic (exact) mass is 368 g/mol. The summed E-state index contributed by atoms with van der Waals surface area (Å²) < 4.78 is 5.89. The highest BCUT2D eigenvalue weighted by Crippen LogP contribution is 2.23. The molecule has 0 bridgehead atoms. The third-order valence-electron chi connectivity index (χ3n) is 4.07. The van der Waals surface area contributed by atoms with E-state index in [1.165, 1.54) is 11.8 Å². The van der Waals surface area contributed by atoms with Crippen LogP contribution in [0.15, 0.2) is 42.5 Å². The molecule has 3 rings (SSSR count). The first-order valence-corrected chi connectivity index (χ1v) is 9.22. The van der Waals surface area contributed by atoms with Gasteiger partial charge in [-0.25, -0.2) is 9.78 Å². The summed E-state index contributed by atoms with van der Waals surface area (Å²) in [6.07, 6.45) is 1.90. The molecule has 0 spiro atoms. The Kier molecular flexibility index (Phi) is 5.63. The van der Waals surface area contributed by atoms with Crippen molar-refractivity contribution in [1.29, 1.82) is 0 Å². The van der Waals surface area contributed by atoms with Crippen molar-refractivity contribution in [2.24, 2.45) is 0 Å². The number of thiazole rings is 1. The lowest BCUT2D eigenvalue weighted by Gasteiger charge is -2.10. The summed E-state index contributed by atoms with van der Waals surface area (Å²) in [5, 5.41) is 3.92. The maximum atomic E-state index is 12.2. The normalized spacial score (nSPS) is 10.7. The molecule has 0 radical (unpaired) electrons. The van der Waals surface area contributed by atoms with Crippen LogP contribution in [0.5, 0.6) is 0 Å². The summed E-state index contributed by atoms with van der Waals surface area (Å²) in [6, 6.07) is 13.2. The second-order valence-electron chi connectivity index (χ2n) is 6.00. The summed E-state index contributed by atoms with van der Waals surface area (Å²) in [4.78, 5) is 28.4. The number of anilines is 1. The number of esters is 1. The van der Waals surface area contributed by atoms with Crippen molar-refractivity contribution in [3.8, 4) is 0 Å². The predicted octanol–water partition coefficient (Wildman–Crippen LogP) is 4.35. The maximum Gasteiger partial charge on any atom is 0.337 e. The smallest absolute Gasteiger partial charge is 0.337 e. The van der Waals surface area contributed by atoms with Gasteiger partial charge in [-0.15, -0.1) is 11.3 Å². The molecule has 6 heteroatoms. The number of nitrogens with one attached hydrogen (secondary N) is 1.